The van der Waals surface area contributed by atoms with Crippen LogP contribution in [0.1, 0.15) is 38.5 Å². The molecule has 0 spiro atoms. The molecule has 0 saturated carbocycles. The van der Waals surface area contributed by atoms with E-state index in [1.165, 1.54) is 49.9 Å². The van der Waals surface area contributed by atoms with Crippen molar-refractivity contribution in [3.05, 3.63) is 23.5 Å². The molecule has 3 rings (SSSR count). The van der Waals surface area contributed by atoms with E-state index in [0.29, 0.717) is 12.1 Å². The summed E-state index contributed by atoms with van der Waals surface area (Å²) in [6.07, 6.45) is 12.3. The molecule has 4 heteroatoms. The third-order valence-corrected chi connectivity index (χ3v) is 4.38. The van der Waals surface area contributed by atoms with Gasteiger partial charge in [0.25, 0.3) is 0 Å². The van der Waals surface area contributed by atoms with Gasteiger partial charge in [-0.15, -0.1) is 0 Å². The first kappa shape index (κ1) is 14.0. The Morgan fingerprint density at radius 2 is 2.25 bits per heavy atom. The summed E-state index contributed by atoms with van der Waals surface area (Å²) >= 11 is 0. The van der Waals surface area contributed by atoms with Gasteiger partial charge >= 0.3 is 0 Å². The Morgan fingerprint density at radius 1 is 1.25 bits per heavy atom. The lowest BCUT2D eigenvalue weighted by Gasteiger charge is -2.29. The molecule has 112 valence electrons. The first-order valence-electron chi connectivity index (χ1n) is 8.16. The predicted octanol–water partition coefficient (Wildman–Crippen LogP) is 1.66. The van der Waals surface area contributed by atoms with Crippen LogP contribution in [-0.2, 0) is 4.74 Å². The highest BCUT2D eigenvalue weighted by Crippen LogP contribution is 2.20. The van der Waals surface area contributed by atoms with E-state index in [0.717, 1.165) is 26.2 Å². The highest BCUT2D eigenvalue weighted by Gasteiger charge is 2.17. The van der Waals surface area contributed by atoms with E-state index in [2.05, 4.69) is 28.1 Å². The van der Waals surface area contributed by atoms with Crippen molar-refractivity contribution in [2.75, 3.05) is 26.2 Å². The van der Waals surface area contributed by atoms with Gasteiger partial charge in [0.2, 0.25) is 0 Å². The first-order chi connectivity index (χ1) is 9.92. The molecule has 3 heterocycles. The zero-order valence-corrected chi connectivity index (χ0v) is 12.3. The van der Waals surface area contributed by atoms with Crippen molar-refractivity contribution in [2.45, 2.75) is 50.7 Å². The number of unbranched alkanes of at least 4 members (excludes halogenated alkanes) is 1. The van der Waals surface area contributed by atoms with E-state index >= 15 is 0 Å². The zero-order valence-electron chi connectivity index (χ0n) is 12.3. The van der Waals surface area contributed by atoms with Crippen LogP contribution in [0.3, 0.4) is 0 Å². The van der Waals surface area contributed by atoms with Crippen LogP contribution >= 0.6 is 0 Å². The average Bonchev–Trinajstić information content (AvgIpc) is 3.00. The summed E-state index contributed by atoms with van der Waals surface area (Å²) in [7, 11) is 0. The lowest BCUT2D eigenvalue weighted by molar-refractivity contribution is 0.0640. The van der Waals surface area contributed by atoms with Crippen molar-refractivity contribution in [1.82, 2.24) is 16.0 Å². The molecule has 1 saturated heterocycles. The van der Waals surface area contributed by atoms with Gasteiger partial charge in [-0.25, -0.2) is 0 Å². The minimum absolute atomic E-state index is 0.460. The third-order valence-electron chi connectivity index (χ3n) is 4.38. The molecule has 0 aromatic carbocycles. The number of hydrogen-bond acceptors (Lipinski definition) is 4. The summed E-state index contributed by atoms with van der Waals surface area (Å²) in [4.78, 5) is 0. The number of dihydropyridines is 1. The van der Waals surface area contributed by atoms with Crippen molar-refractivity contribution < 1.29 is 4.74 Å². The van der Waals surface area contributed by atoms with Crippen molar-refractivity contribution in [1.29, 1.82) is 0 Å². The zero-order chi connectivity index (χ0) is 13.6. The molecule has 4 nitrogen and oxygen atoms in total. The third kappa shape index (κ3) is 3.76. The summed E-state index contributed by atoms with van der Waals surface area (Å²) in [5, 5.41) is 10.4. The minimum Gasteiger partial charge on any atom is -0.377 e. The molecule has 0 aromatic heterocycles. The van der Waals surface area contributed by atoms with E-state index in [1.54, 1.807) is 0 Å². The van der Waals surface area contributed by atoms with Crippen LogP contribution in [0.5, 0.6) is 0 Å². The normalized spacial score (nSPS) is 29.0. The van der Waals surface area contributed by atoms with Gasteiger partial charge in [-0.3, -0.25) is 0 Å². The first-order valence-corrected chi connectivity index (χ1v) is 8.16. The van der Waals surface area contributed by atoms with Crippen LogP contribution in [0.25, 0.3) is 0 Å². The van der Waals surface area contributed by atoms with Gasteiger partial charge < -0.3 is 20.7 Å². The topological polar surface area (TPSA) is 45.3 Å². The average molecular weight is 277 g/mol. The number of ether oxygens (including phenoxy) is 1. The van der Waals surface area contributed by atoms with Crippen molar-refractivity contribution in [3.63, 3.8) is 0 Å². The van der Waals surface area contributed by atoms with Crippen LogP contribution in [0, 0.1) is 0 Å². The maximum Gasteiger partial charge on any atom is 0.102 e. The molecule has 3 N–H and O–H groups in total. The minimum atomic E-state index is 0.460. The molecule has 1 unspecified atom stereocenters. The molecule has 3 aliphatic heterocycles. The SMILES string of the molecule is C1=CC(CCCCO[C@@H]2CCNC2)NC2=C1CCCN2. The van der Waals surface area contributed by atoms with Crippen molar-refractivity contribution >= 4 is 0 Å². The Labute approximate surface area is 122 Å². The Balaban J connectivity index is 1.30. The Morgan fingerprint density at radius 3 is 3.15 bits per heavy atom. The number of rotatable bonds is 6. The Bertz CT molecular complexity index is 372. The molecule has 0 aromatic rings. The summed E-state index contributed by atoms with van der Waals surface area (Å²) < 4.78 is 5.86. The predicted molar refractivity (Wildman–Crippen MR) is 81.4 cm³/mol. The summed E-state index contributed by atoms with van der Waals surface area (Å²) in [5.74, 6) is 1.28. The van der Waals surface area contributed by atoms with Gasteiger partial charge in [0.05, 0.1) is 6.10 Å². The van der Waals surface area contributed by atoms with Gasteiger partial charge in [-0.05, 0) is 50.6 Å². The summed E-state index contributed by atoms with van der Waals surface area (Å²) in [5.41, 5.74) is 1.45. The maximum atomic E-state index is 5.86. The van der Waals surface area contributed by atoms with E-state index in [9.17, 15) is 0 Å². The smallest absolute Gasteiger partial charge is 0.102 e. The quantitative estimate of drug-likeness (QED) is 0.646. The second-order valence-electron chi connectivity index (χ2n) is 6.02. The second kappa shape index (κ2) is 7.14. The van der Waals surface area contributed by atoms with Gasteiger partial charge in [0.15, 0.2) is 0 Å². The standard InChI is InChI=1S/C16H27N3O/c1(2-11-20-15-8-10-17-12-15)5-14-7-6-13-4-3-9-18-16(13)19-14/h6-7,14-15,17-19H,1-5,8-12H2/t14?,15-/m1/s1. The van der Waals surface area contributed by atoms with Gasteiger partial charge in [0, 0.05) is 25.7 Å². The van der Waals surface area contributed by atoms with Gasteiger partial charge in [-0.2, -0.15) is 0 Å². The molecule has 3 aliphatic rings. The Hall–Kier alpha value is -1.00. The lowest BCUT2D eigenvalue weighted by Crippen LogP contribution is -2.39. The number of hydrogen-bond donors (Lipinski definition) is 3. The van der Waals surface area contributed by atoms with Crippen molar-refractivity contribution in [3.8, 4) is 0 Å². The molecule has 1 fully saturated rings. The van der Waals surface area contributed by atoms with Crippen LogP contribution in [0.4, 0.5) is 0 Å². The summed E-state index contributed by atoms with van der Waals surface area (Å²) in [6.45, 7) is 4.17. The fourth-order valence-corrected chi connectivity index (χ4v) is 3.16. The molecule has 0 amide bonds. The van der Waals surface area contributed by atoms with E-state index in [1.807, 2.05) is 0 Å². The van der Waals surface area contributed by atoms with Crippen LogP contribution in [0.15, 0.2) is 23.5 Å². The lowest BCUT2D eigenvalue weighted by atomic mass is 9.99. The fourth-order valence-electron chi connectivity index (χ4n) is 3.16. The van der Waals surface area contributed by atoms with E-state index in [-0.39, 0.29) is 0 Å². The maximum absolute atomic E-state index is 5.86. The van der Waals surface area contributed by atoms with E-state index in [4.69, 9.17) is 4.74 Å². The highest BCUT2D eigenvalue weighted by atomic mass is 16.5. The number of nitrogens with one attached hydrogen (secondary N) is 3. The van der Waals surface area contributed by atoms with Crippen LogP contribution in [0.2, 0.25) is 0 Å². The van der Waals surface area contributed by atoms with Gasteiger partial charge in [0.1, 0.15) is 5.82 Å². The van der Waals surface area contributed by atoms with Crippen molar-refractivity contribution in [2.24, 2.45) is 0 Å². The molecular weight excluding hydrogens is 250 g/mol. The molecule has 2 atom stereocenters. The molecule has 20 heavy (non-hydrogen) atoms. The largest absolute Gasteiger partial charge is 0.377 e. The van der Waals surface area contributed by atoms with Crippen LogP contribution in [-0.4, -0.2) is 38.4 Å². The molecular formula is C16H27N3O. The highest BCUT2D eigenvalue weighted by molar-refractivity contribution is 5.31. The molecule has 0 bridgehead atoms. The Kier molecular flexibility index (Phi) is 4.98. The van der Waals surface area contributed by atoms with Gasteiger partial charge in [-0.1, -0.05) is 12.2 Å². The molecule has 0 radical (unpaired) electrons. The van der Waals surface area contributed by atoms with Crippen LogP contribution < -0.4 is 16.0 Å². The summed E-state index contributed by atoms with van der Waals surface area (Å²) in [6, 6.07) is 0.493. The molecule has 0 aliphatic carbocycles. The second-order valence-corrected chi connectivity index (χ2v) is 6.02. The fraction of sp³-hybridized carbons (Fsp3) is 0.750. The number of allylic oxidation sites excluding steroid dienone is 2. The monoisotopic (exact) mass is 277 g/mol. The van der Waals surface area contributed by atoms with E-state index < -0.39 is 0 Å².